The van der Waals surface area contributed by atoms with Crippen LogP contribution in [0, 0.1) is 6.92 Å². The van der Waals surface area contributed by atoms with E-state index in [2.05, 4.69) is 0 Å². The van der Waals surface area contributed by atoms with Gasteiger partial charge in [-0.1, -0.05) is 66.0 Å². The summed E-state index contributed by atoms with van der Waals surface area (Å²) in [4.78, 5) is 27.7. The lowest BCUT2D eigenvalue weighted by Gasteiger charge is -2.15. The number of amides is 2. The van der Waals surface area contributed by atoms with Crippen LogP contribution >= 0.6 is 35.0 Å². The molecule has 2 amide bonds. The Kier molecular flexibility index (Phi) is 5.76. The first-order chi connectivity index (χ1) is 12.4. The Morgan fingerprint density at radius 3 is 2.31 bits per heavy atom. The fourth-order valence-corrected chi connectivity index (χ4v) is 4.15. The van der Waals surface area contributed by atoms with Crippen molar-refractivity contribution in [2.45, 2.75) is 20.4 Å². The van der Waals surface area contributed by atoms with E-state index in [1.165, 1.54) is 16.7 Å². The number of aryl methyl sites for hydroxylation is 1. The second-order valence-corrected chi connectivity index (χ2v) is 8.06. The van der Waals surface area contributed by atoms with Crippen molar-refractivity contribution >= 4 is 52.4 Å². The molecule has 3 rings (SSSR count). The van der Waals surface area contributed by atoms with Gasteiger partial charge in [0.25, 0.3) is 11.8 Å². The number of rotatable bonds is 5. The van der Waals surface area contributed by atoms with Crippen molar-refractivity contribution < 1.29 is 9.59 Å². The van der Waals surface area contributed by atoms with E-state index in [9.17, 15) is 9.59 Å². The Bertz CT molecular complexity index is 907. The van der Waals surface area contributed by atoms with Gasteiger partial charge in [0.1, 0.15) is 0 Å². The summed E-state index contributed by atoms with van der Waals surface area (Å²) in [6.07, 6.45) is 0. The van der Waals surface area contributed by atoms with Gasteiger partial charge < -0.3 is 0 Å². The standard InChI is InChI=1S/C20H17Cl2NO2S/c1-3-26-18-17(15-9-8-14(21)10-16(15)22)19(24)23(20(18)25)11-13-6-4-12(2)5-7-13/h4-10H,3,11H2,1-2H3. The third-order valence-corrected chi connectivity index (χ3v) is 5.58. The van der Waals surface area contributed by atoms with Crippen LogP contribution in [0.3, 0.4) is 0 Å². The number of nitrogens with zero attached hydrogens (tertiary/aromatic N) is 1. The maximum atomic E-state index is 13.1. The zero-order chi connectivity index (χ0) is 18.8. The first-order valence-electron chi connectivity index (χ1n) is 8.16. The molecule has 1 aliphatic rings. The molecule has 0 saturated heterocycles. The molecule has 26 heavy (non-hydrogen) atoms. The minimum Gasteiger partial charge on any atom is -0.269 e. The minimum absolute atomic E-state index is 0.237. The Balaban J connectivity index is 1.99. The molecule has 134 valence electrons. The molecule has 6 heteroatoms. The van der Waals surface area contributed by atoms with Gasteiger partial charge in [0.2, 0.25) is 0 Å². The largest absolute Gasteiger partial charge is 0.269 e. The normalized spacial score (nSPS) is 14.5. The Hall–Kier alpha value is -1.75. The maximum Gasteiger partial charge on any atom is 0.268 e. The lowest BCUT2D eigenvalue weighted by atomic mass is 10.1. The van der Waals surface area contributed by atoms with E-state index in [0.29, 0.717) is 31.8 Å². The fourth-order valence-electron chi connectivity index (χ4n) is 2.78. The van der Waals surface area contributed by atoms with Crippen LogP contribution in [0.2, 0.25) is 10.0 Å². The second-order valence-electron chi connectivity index (χ2n) is 5.94. The topological polar surface area (TPSA) is 37.4 Å². The molecule has 0 aromatic heterocycles. The van der Waals surface area contributed by atoms with Crippen molar-refractivity contribution in [1.82, 2.24) is 4.90 Å². The Labute approximate surface area is 167 Å². The highest BCUT2D eigenvalue weighted by molar-refractivity contribution is 8.04. The van der Waals surface area contributed by atoms with Crippen LogP contribution in [0.1, 0.15) is 23.6 Å². The molecule has 0 unspecified atom stereocenters. The van der Waals surface area contributed by atoms with Gasteiger partial charge in [-0.2, -0.15) is 0 Å². The van der Waals surface area contributed by atoms with Gasteiger partial charge in [0.05, 0.1) is 22.0 Å². The van der Waals surface area contributed by atoms with Crippen molar-refractivity contribution in [2.75, 3.05) is 5.75 Å². The molecule has 0 spiro atoms. The number of carbonyl (C=O) groups excluding carboxylic acids is 2. The van der Waals surface area contributed by atoms with Gasteiger partial charge in [-0.25, -0.2) is 0 Å². The van der Waals surface area contributed by atoms with Crippen LogP contribution in [0.4, 0.5) is 0 Å². The predicted molar refractivity (Wildman–Crippen MR) is 108 cm³/mol. The van der Waals surface area contributed by atoms with Gasteiger partial charge in [0, 0.05) is 10.6 Å². The fraction of sp³-hybridized carbons (Fsp3) is 0.200. The third-order valence-electron chi connectivity index (χ3n) is 4.08. The summed E-state index contributed by atoms with van der Waals surface area (Å²) >= 11 is 13.6. The summed E-state index contributed by atoms with van der Waals surface area (Å²) in [6, 6.07) is 12.7. The summed E-state index contributed by atoms with van der Waals surface area (Å²) in [7, 11) is 0. The van der Waals surface area contributed by atoms with E-state index in [1.54, 1.807) is 18.2 Å². The Morgan fingerprint density at radius 1 is 1.00 bits per heavy atom. The molecule has 0 saturated carbocycles. The number of halogens is 2. The van der Waals surface area contributed by atoms with E-state index >= 15 is 0 Å². The smallest absolute Gasteiger partial charge is 0.268 e. The number of thioether (sulfide) groups is 1. The first-order valence-corrected chi connectivity index (χ1v) is 9.90. The first kappa shape index (κ1) is 19.0. The molecule has 0 atom stereocenters. The lowest BCUT2D eigenvalue weighted by molar-refractivity contribution is -0.137. The molecule has 0 aliphatic carbocycles. The lowest BCUT2D eigenvalue weighted by Crippen LogP contribution is -2.30. The monoisotopic (exact) mass is 405 g/mol. The summed E-state index contributed by atoms with van der Waals surface area (Å²) in [5.41, 5.74) is 2.93. The third kappa shape index (κ3) is 3.68. The zero-order valence-electron chi connectivity index (χ0n) is 14.4. The van der Waals surface area contributed by atoms with Crippen LogP contribution in [-0.4, -0.2) is 22.5 Å². The van der Waals surface area contributed by atoms with Crippen molar-refractivity contribution in [1.29, 1.82) is 0 Å². The van der Waals surface area contributed by atoms with Crippen LogP contribution in [0.15, 0.2) is 47.4 Å². The van der Waals surface area contributed by atoms with Crippen LogP contribution in [0.5, 0.6) is 0 Å². The highest BCUT2D eigenvalue weighted by atomic mass is 35.5. The van der Waals surface area contributed by atoms with Gasteiger partial charge in [0.15, 0.2) is 0 Å². The van der Waals surface area contributed by atoms with E-state index in [1.807, 2.05) is 38.1 Å². The number of carbonyl (C=O) groups is 2. The van der Waals surface area contributed by atoms with Crippen molar-refractivity contribution in [3.05, 3.63) is 74.1 Å². The molecule has 0 radical (unpaired) electrons. The zero-order valence-corrected chi connectivity index (χ0v) is 16.7. The number of imide groups is 1. The quantitative estimate of drug-likeness (QED) is 0.630. The van der Waals surface area contributed by atoms with Crippen LogP contribution in [0.25, 0.3) is 5.57 Å². The highest BCUT2D eigenvalue weighted by Crippen LogP contribution is 2.39. The number of hydrogen-bond acceptors (Lipinski definition) is 3. The van der Waals surface area contributed by atoms with Crippen molar-refractivity contribution in [3.63, 3.8) is 0 Å². The molecular formula is C20H17Cl2NO2S. The van der Waals surface area contributed by atoms with Crippen LogP contribution in [-0.2, 0) is 16.1 Å². The summed E-state index contributed by atoms with van der Waals surface area (Å²) in [5, 5.41) is 0.845. The molecule has 0 bridgehead atoms. The number of hydrogen-bond donors (Lipinski definition) is 0. The van der Waals surface area contributed by atoms with Gasteiger partial charge in [-0.3, -0.25) is 14.5 Å². The minimum atomic E-state index is -0.323. The molecule has 1 heterocycles. The number of benzene rings is 2. The molecular weight excluding hydrogens is 389 g/mol. The maximum absolute atomic E-state index is 13.1. The van der Waals surface area contributed by atoms with Gasteiger partial charge in [-0.05, 0) is 30.4 Å². The molecule has 1 aliphatic heterocycles. The molecule has 3 nitrogen and oxygen atoms in total. The molecule has 2 aromatic carbocycles. The van der Waals surface area contributed by atoms with Crippen molar-refractivity contribution in [3.8, 4) is 0 Å². The van der Waals surface area contributed by atoms with Crippen LogP contribution < -0.4 is 0 Å². The van der Waals surface area contributed by atoms with E-state index in [-0.39, 0.29) is 18.4 Å². The molecule has 0 fully saturated rings. The van der Waals surface area contributed by atoms with Crippen molar-refractivity contribution in [2.24, 2.45) is 0 Å². The molecule has 2 aromatic rings. The van der Waals surface area contributed by atoms with Gasteiger partial charge in [-0.15, -0.1) is 11.8 Å². The average molecular weight is 406 g/mol. The summed E-state index contributed by atoms with van der Waals surface area (Å²) in [6.45, 7) is 4.17. The van der Waals surface area contributed by atoms with Gasteiger partial charge >= 0.3 is 0 Å². The Morgan fingerprint density at radius 2 is 1.69 bits per heavy atom. The van der Waals surface area contributed by atoms with E-state index in [0.717, 1.165) is 11.1 Å². The van der Waals surface area contributed by atoms with E-state index in [4.69, 9.17) is 23.2 Å². The predicted octanol–water partition coefficient (Wildman–Crippen LogP) is 5.34. The SMILES string of the molecule is CCSC1=C(c2ccc(Cl)cc2Cl)C(=O)N(Cc2ccc(C)cc2)C1=O. The van der Waals surface area contributed by atoms with E-state index < -0.39 is 0 Å². The summed E-state index contributed by atoms with van der Waals surface area (Å²) < 4.78 is 0. The second kappa shape index (κ2) is 7.87. The molecule has 0 N–H and O–H groups in total. The average Bonchev–Trinajstić information content (AvgIpc) is 2.82. The highest BCUT2D eigenvalue weighted by Gasteiger charge is 2.39. The summed E-state index contributed by atoms with van der Waals surface area (Å²) in [5.74, 6) is 0.0840.